The molecule has 3 aliphatic carbocycles. The summed E-state index contributed by atoms with van der Waals surface area (Å²) in [4.78, 5) is 34.4. The van der Waals surface area contributed by atoms with Crippen molar-refractivity contribution >= 4 is 11.7 Å². The molecule has 4 heterocycles. The zero-order chi connectivity index (χ0) is 28.6. The number of hydrogen-bond acceptors (Lipinski definition) is 8. The van der Waals surface area contributed by atoms with Gasteiger partial charge in [-0.05, 0) is 57.0 Å². The highest BCUT2D eigenvalue weighted by molar-refractivity contribution is 6.20. The summed E-state index contributed by atoms with van der Waals surface area (Å²) in [5, 5.41) is 6.57. The summed E-state index contributed by atoms with van der Waals surface area (Å²) in [6, 6.07) is -0.523. The van der Waals surface area contributed by atoms with Crippen molar-refractivity contribution in [2.45, 2.75) is 94.3 Å². The molecule has 9 unspecified atom stereocenters. The Morgan fingerprint density at radius 3 is 2.43 bits per heavy atom. The lowest BCUT2D eigenvalue weighted by Gasteiger charge is -2.61. The molecule has 7 rings (SSSR count). The molecule has 9 atom stereocenters. The summed E-state index contributed by atoms with van der Waals surface area (Å²) in [7, 11) is 0. The van der Waals surface area contributed by atoms with Gasteiger partial charge in [0, 0.05) is 51.4 Å². The number of fused-ring (bicyclic) bond motifs is 3. The van der Waals surface area contributed by atoms with Crippen molar-refractivity contribution in [1.82, 2.24) is 25.3 Å². The Bertz CT molecular complexity index is 1020. The van der Waals surface area contributed by atoms with Crippen molar-refractivity contribution in [1.29, 1.82) is 0 Å². The molecule has 6 fully saturated rings. The van der Waals surface area contributed by atoms with Gasteiger partial charge in [0.2, 0.25) is 0 Å². The number of ether oxygens (including phenoxy) is 2. The van der Waals surface area contributed by atoms with E-state index in [1.54, 1.807) is 0 Å². The lowest BCUT2D eigenvalue weighted by atomic mass is 9.65. The van der Waals surface area contributed by atoms with Crippen LogP contribution in [0.4, 0.5) is 4.39 Å². The number of amides is 1. The number of likely N-dealkylation sites (tertiary alicyclic amines) is 1. The second kappa shape index (κ2) is 12.8. The molecule has 0 aromatic rings. The van der Waals surface area contributed by atoms with Crippen molar-refractivity contribution in [3.63, 3.8) is 0 Å². The standard InChI is InChI=1S/C32H50FN5O4/c33-25-19-23-29-31(28(25)34-7-11-36-9-3-4-10-36)42-27-18-22-6-2-1-5-21(22)17-26(27)38(29)20-24(30(23)39)32(40)35-8-12-37-13-15-41-16-14-37/h20-23,25-29,31,34H,1-19H2,(H,35,40). The second-order valence-electron chi connectivity index (χ2n) is 13.9. The molecule has 10 heteroatoms. The number of carbonyl (C=O) groups excluding carboxylic acids is 2. The third-order valence-corrected chi connectivity index (χ3v) is 11.6. The highest BCUT2D eigenvalue weighted by Gasteiger charge is 2.59. The third kappa shape index (κ3) is 5.78. The number of morpholine rings is 2. The maximum atomic E-state index is 16.0. The predicted molar refractivity (Wildman–Crippen MR) is 157 cm³/mol. The van der Waals surface area contributed by atoms with Crippen LogP contribution in [0.1, 0.15) is 57.8 Å². The van der Waals surface area contributed by atoms with Gasteiger partial charge in [-0.3, -0.25) is 14.5 Å². The molecular formula is C32H50FN5O4. The Labute approximate surface area is 249 Å². The van der Waals surface area contributed by atoms with Gasteiger partial charge in [-0.15, -0.1) is 0 Å². The number of alkyl halides is 1. The van der Waals surface area contributed by atoms with Gasteiger partial charge in [0.15, 0.2) is 5.78 Å². The first kappa shape index (κ1) is 29.1. The molecule has 0 aromatic carbocycles. The summed E-state index contributed by atoms with van der Waals surface area (Å²) in [5.74, 6) is 0.242. The van der Waals surface area contributed by atoms with Gasteiger partial charge >= 0.3 is 0 Å². The fourth-order valence-electron chi connectivity index (χ4n) is 9.34. The van der Waals surface area contributed by atoms with Crippen LogP contribution in [0.2, 0.25) is 0 Å². The number of hydrogen-bond donors (Lipinski definition) is 2. The number of Topliss-reactive ketones (excluding diaryl/α,β-unsaturated/α-hetero) is 1. The molecule has 0 spiro atoms. The van der Waals surface area contributed by atoms with E-state index in [1.165, 1.54) is 38.5 Å². The van der Waals surface area contributed by atoms with E-state index >= 15 is 4.39 Å². The van der Waals surface area contributed by atoms with E-state index in [-0.39, 0.29) is 41.9 Å². The highest BCUT2D eigenvalue weighted by Crippen LogP contribution is 2.50. The fourth-order valence-corrected chi connectivity index (χ4v) is 9.34. The first-order valence-electron chi connectivity index (χ1n) is 16.9. The van der Waals surface area contributed by atoms with Gasteiger partial charge in [-0.25, -0.2) is 4.39 Å². The summed E-state index contributed by atoms with van der Waals surface area (Å²) in [6.45, 7) is 8.21. The van der Waals surface area contributed by atoms with Gasteiger partial charge in [-0.1, -0.05) is 25.7 Å². The molecule has 1 amide bonds. The van der Waals surface area contributed by atoms with Crippen LogP contribution in [0.3, 0.4) is 0 Å². The average molecular weight is 588 g/mol. The predicted octanol–water partition coefficient (Wildman–Crippen LogP) is 1.72. The molecule has 3 saturated heterocycles. The molecule has 0 radical (unpaired) electrons. The molecule has 42 heavy (non-hydrogen) atoms. The Morgan fingerprint density at radius 2 is 1.64 bits per heavy atom. The molecule has 7 aliphatic rings. The van der Waals surface area contributed by atoms with Crippen molar-refractivity contribution in [2.75, 3.05) is 65.6 Å². The molecule has 2 N–H and O–H groups in total. The van der Waals surface area contributed by atoms with Crippen LogP contribution in [0, 0.1) is 17.8 Å². The molecule has 0 aromatic heterocycles. The SMILES string of the molecule is O=C(NCCN1CCOCC1)C1=CN2C3CC4CCCCC4CC3OC3C(NCCN4CCCC4)C(F)CC(C1=O)C32. The number of carbonyl (C=O) groups is 2. The van der Waals surface area contributed by atoms with Crippen LogP contribution >= 0.6 is 0 Å². The Morgan fingerprint density at radius 1 is 0.929 bits per heavy atom. The lowest BCUT2D eigenvalue weighted by Crippen LogP contribution is -2.73. The van der Waals surface area contributed by atoms with Crippen molar-refractivity contribution in [3.8, 4) is 0 Å². The lowest BCUT2D eigenvalue weighted by molar-refractivity contribution is -0.208. The minimum absolute atomic E-state index is 0.00881. The molecule has 4 aliphatic heterocycles. The van der Waals surface area contributed by atoms with Crippen LogP contribution in [0.25, 0.3) is 0 Å². The van der Waals surface area contributed by atoms with E-state index in [2.05, 4.69) is 25.3 Å². The minimum Gasteiger partial charge on any atom is -0.379 e. The zero-order valence-electron chi connectivity index (χ0n) is 25.1. The monoisotopic (exact) mass is 587 g/mol. The van der Waals surface area contributed by atoms with Gasteiger partial charge in [-0.2, -0.15) is 0 Å². The quantitative estimate of drug-likeness (QED) is 0.416. The first-order chi connectivity index (χ1) is 20.6. The van der Waals surface area contributed by atoms with Crippen molar-refractivity contribution < 1.29 is 23.5 Å². The van der Waals surface area contributed by atoms with Gasteiger partial charge < -0.3 is 29.9 Å². The van der Waals surface area contributed by atoms with E-state index in [9.17, 15) is 9.59 Å². The van der Waals surface area contributed by atoms with Crippen molar-refractivity contribution in [3.05, 3.63) is 11.8 Å². The number of nitrogens with one attached hydrogen (secondary N) is 2. The van der Waals surface area contributed by atoms with E-state index in [4.69, 9.17) is 9.47 Å². The van der Waals surface area contributed by atoms with Gasteiger partial charge in [0.1, 0.15) is 6.17 Å². The highest BCUT2D eigenvalue weighted by atomic mass is 19.1. The largest absolute Gasteiger partial charge is 0.379 e. The fraction of sp³-hybridized carbons (Fsp3) is 0.875. The van der Waals surface area contributed by atoms with Gasteiger partial charge in [0.25, 0.3) is 5.91 Å². The number of nitrogens with zero attached hydrogens (tertiary/aromatic N) is 3. The zero-order valence-corrected chi connectivity index (χ0v) is 25.1. The third-order valence-electron chi connectivity index (χ3n) is 11.6. The number of rotatable bonds is 8. The minimum atomic E-state index is -1.19. The van der Waals surface area contributed by atoms with Crippen molar-refractivity contribution in [2.24, 2.45) is 17.8 Å². The van der Waals surface area contributed by atoms with E-state index in [0.29, 0.717) is 31.6 Å². The molecule has 234 valence electrons. The molecular weight excluding hydrogens is 537 g/mol. The smallest absolute Gasteiger partial charge is 0.256 e. The van der Waals surface area contributed by atoms with E-state index in [0.717, 1.165) is 58.7 Å². The molecule has 0 bridgehead atoms. The molecule has 9 nitrogen and oxygen atoms in total. The Hall–Kier alpha value is -1.59. The maximum absolute atomic E-state index is 16.0. The normalized spacial score (nSPS) is 40.6. The summed E-state index contributed by atoms with van der Waals surface area (Å²) in [5.41, 5.74) is 0.205. The summed E-state index contributed by atoms with van der Waals surface area (Å²) < 4.78 is 28.4. The Kier molecular flexibility index (Phi) is 8.88. The van der Waals surface area contributed by atoms with Crippen LogP contribution in [-0.2, 0) is 19.1 Å². The molecule has 3 saturated carbocycles. The van der Waals surface area contributed by atoms with E-state index in [1.807, 2.05) is 6.20 Å². The Balaban J connectivity index is 1.11. The number of ketones is 1. The summed E-state index contributed by atoms with van der Waals surface area (Å²) in [6.07, 6.45) is 10.0. The summed E-state index contributed by atoms with van der Waals surface area (Å²) >= 11 is 0. The number of halogens is 1. The van der Waals surface area contributed by atoms with Crippen LogP contribution in [-0.4, -0.2) is 128 Å². The average Bonchev–Trinajstić information content (AvgIpc) is 3.53. The van der Waals surface area contributed by atoms with Crippen LogP contribution < -0.4 is 10.6 Å². The van der Waals surface area contributed by atoms with E-state index < -0.39 is 24.2 Å². The first-order valence-corrected chi connectivity index (χ1v) is 16.9. The maximum Gasteiger partial charge on any atom is 0.256 e. The van der Waals surface area contributed by atoms with Gasteiger partial charge in [0.05, 0.1) is 49.1 Å². The topological polar surface area (TPSA) is 86.4 Å². The van der Waals surface area contributed by atoms with Crippen LogP contribution in [0.5, 0.6) is 0 Å². The second-order valence-corrected chi connectivity index (χ2v) is 13.9. The van der Waals surface area contributed by atoms with Crippen LogP contribution in [0.15, 0.2) is 11.8 Å².